The SMILES string of the molecule is COC(=O)C(Cc1ccc(OCCN(Cc2ccccc2)C(=O)c2ccccn2)cc1)Nc1ccccc1C(=O)c1ccccc1. The van der Waals surface area contributed by atoms with Crippen LogP contribution in [0.2, 0.25) is 0 Å². The van der Waals surface area contributed by atoms with Gasteiger partial charge in [0.05, 0.1) is 13.7 Å². The second-order valence-electron chi connectivity index (χ2n) is 10.6. The Morgan fingerprint density at radius 3 is 2.13 bits per heavy atom. The Hall–Kier alpha value is -5.76. The fraction of sp³-hybridized carbons (Fsp3) is 0.158. The standard InChI is InChI=1S/C38H35N3O5/c1-45-38(44)35(40-33-17-9-8-16-32(33)36(42)30-14-6-3-7-15-30)26-28-19-21-31(22-20-28)46-25-24-41(27-29-12-4-2-5-13-29)37(43)34-18-10-11-23-39-34/h2-23,35,40H,24-27H2,1H3. The van der Waals surface area contributed by atoms with E-state index in [1.807, 2.05) is 78.9 Å². The van der Waals surface area contributed by atoms with Gasteiger partial charge in [0.1, 0.15) is 24.1 Å². The average Bonchev–Trinajstić information content (AvgIpc) is 3.12. The quantitative estimate of drug-likeness (QED) is 0.117. The number of esters is 1. The van der Waals surface area contributed by atoms with Gasteiger partial charge in [0.15, 0.2) is 5.78 Å². The normalized spacial score (nSPS) is 11.2. The first-order chi connectivity index (χ1) is 22.5. The molecule has 1 aromatic heterocycles. The Labute approximate surface area is 268 Å². The number of anilines is 1. The summed E-state index contributed by atoms with van der Waals surface area (Å²) in [5.74, 6) is -0.122. The smallest absolute Gasteiger partial charge is 0.328 e. The number of rotatable bonds is 14. The van der Waals surface area contributed by atoms with Crippen molar-refractivity contribution < 1.29 is 23.9 Å². The molecule has 5 aromatic rings. The van der Waals surface area contributed by atoms with Crippen molar-refractivity contribution in [2.24, 2.45) is 0 Å². The highest BCUT2D eigenvalue weighted by Crippen LogP contribution is 2.22. The second kappa shape index (κ2) is 15.8. The molecule has 0 fully saturated rings. The number of hydrogen-bond acceptors (Lipinski definition) is 7. The average molecular weight is 614 g/mol. The van der Waals surface area contributed by atoms with Gasteiger partial charge in [-0.25, -0.2) is 4.79 Å². The largest absolute Gasteiger partial charge is 0.492 e. The molecule has 1 atom stereocenters. The summed E-state index contributed by atoms with van der Waals surface area (Å²) in [6.07, 6.45) is 1.93. The highest BCUT2D eigenvalue weighted by molar-refractivity contribution is 6.12. The Morgan fingerprint density at radius 2 is 1.43 bits per heavy atom. The van der Waals surface area contributed by atoms with Gasteiger partial charge >= 0.3 is 5.97 Å². The molecule has 8 heteroatoms. The topological polar surface area (TPSA) is 97.8 Å². The van der Waals surface area contributed by atoms with Crippen LogP contribution in [0, 0.1) is 0 Å². The number of carbonyl (C=O) groups excluding carboxylic acids is 3. The summed E-state index contributed by atoms with van der Waals surface area (Å²) in [6, 6.07) is 37.9. The van der Waals surface area contributed by atoms with Crippen LogP contribution >= 0.6 is 0 Å². The van der Waals surface area contributed by atoms with Crippen molar-refractivity contribution in [1.82, 2.24) is 9.88 Å². The number of amides is 1. The van der Waals surface area contributed by atoms with E-state index in [4.69, 9.17) is 9.47 Å². The minimum Gasteiger partial charge on any atom is -0.492 e. The van der Waals surface area contributed by atoms with Gasteiger partial charge in [-0.05, 0) is 47.5 Å². The summed E-state index contributed by atoms with van der Waals surface area (Å²) >= 11 is 0. The molecule has 1 N–H and O–H groups in total. The summed E-state index contributed by atoms with van der Waals surface area (Å²) in [5.41, 5.74) is 3.84. The number of pyridine rings is 1. The number of methoxy groups -OCH3 is 1. The van der Waals surface area contributed by atoms with E-state index in [0.717, 1.165) is 11.1 Å². The molecule has 4 aromatic carbocycles. The zero-order valence-corrected chi connectivity index (χ0v) is 25.5. The highest BCUT2D eigenvalue weighted by Gasteiger charge is 2.23. The monoisotopic (exact) mass is 613 g/mol. The molecule has 1 amide bonds. The van der Waals surface area contributed by atoms with Gasteiger partial charge in [0.2, 0.25) is 0 Å². The lowest BCUT2D eigenvalue weighted by Crippen LogP contribution is -2.34. The maximum Gasteiger partial charge on any atom is 0.328 e. The van der Waals surface area contributed by atoms with Gasteiger partial charge in [-0.15, -0.1) is 0 Å². The third-order valence-electron chi connectivity index (χ3n) is 7.40. The van der Waals surface area contributed by atoms with Crippen molar-refractivity contribution >= 4 is 23.3 Å². The first-order valence-electron chi connectivity index (χ1n) is 15.0. The third kappa shape index (κ3) is 8.45. The van der Waals surface area contributed by atoms with Crippen LogP contribution < -0.4 is 10.1 Å². The molecule has 0 aliphatic rings. The van der Waals surface area contributed by atoms with Crippen LogP contribution in [0.1, 0.15) is 37.5 Å². The molecule has 1 heterocycles. The predicted octanol–water partition coefficient (Wildman–Crippen LogP) is 6.23. The number of carbonyl (C=O) groups is 3. The first kappa shape index (κ1) is 31.7. The van der Waals surface area contributed by atoms with E-state index in [2.05, 4.69) is 10.3 Å². The second-order valence-corrected chi connectivity index (χ2v) is 10.6. The molecule has 0 saturated heterocycles. The number of hydrogen-bond donors (Lipinski definition) is 1. The molecular formula is C38H35N3O5. The van der Waals surface area contributed by atoms with Gasteiger partial charge < -0.3 is 19.7 Å². The third-order valence-corrected chi connectivity index (χ3v) is 7.40. The van der Waals surface area contributed by atoms with E-state index in [0.29, 0.717) is 47.8 Å². The Bertz CT molecular complexity index is 1730. The van der Waals surface area contributed by atoms with Gasteiger partial charge in [-0.3, -0.25) is 14.6 Å². The predicted molar refractivity (Wildman–Crippen MR) is 177 cm³/mol. The molecule has 0 aliphatic heterocycles. The summed E-state index contributed by atoms with van der Waals surface area (Å²) in [5, 5.41) is 3.23. The maximum absolute atomic E-state index is 13.2. The first-order valence-corrected chi connectivity index (χ1v) is 15.0. The van der Waals surface area contributed by atoms with Crippen LogP contribution in [0.25, 0.3) is 0 Å². The van der Waals surface area contributed by atoms with Crippen molar-refractivity contribution in [3.05, 3.63) is 162 Å². The summed E-state index contributed by atoms with van der Waals surface area (Å²) in [4.78, 5) is 45.2. The summed E-state index contributed by atoms with van der Waals surface area (Å²) < 4.78 is 11.1. The highest BCUT2D eigenvalue weighted by atomic mass is 16.5. The van der Waals surface area contributed by atoms with Crippen molar-refractivity contribution in [2.45, 2.75) is 19.0 Å². The number of benzene rings is 4. The fourth-order valence-corrected chi connectivity index (χ4v) is 5.01. The molecule has 0 radical (unpaired) electrons. The molecule has 0 spiro atoms. The number of ether oxygens (including phenoxy) is 2. The molecule has 5 rings (SSSR count). The van der Waals surface area contributed by atoms with Crippen molar-refractivity contribution in [1.29, 1.82) is 0 Å². The van der Waals surface area contributed by atoms with Gasteiger partial charge in [-0.1, -0.05) is 91.0 Å². The van der Waals surface area contributed by atoms with E-state index in [9.17, 15) is 14.4 Å². The summed E-state index contributed by atoms with van der Waals surface area (Å²) in [6.45, 7) is 1.07. The van der Waals surface area contributed by atoms with Crippen LogP contribution in [0.15, 0.2) is 134 Å². The Balaban J connectivity index is 1.22. The van der Waals surface area contributed by atoms with Crippen LogP contribution in [-0.2, 0) is 22.5 Å². The lowest BCUT2D eigenvalue weighted by Gasteiger charge is -2.23. The van der Waals surface area contributed by atoms with E-state index < -0.39 is 12.0 Å². The van der Waals surface area contributed by atoms with Crippen molar-refractivity contribution in [3.8, 4) is 5.75 Å². The lowest BCUT2D eigenvalue weighted by molar-refractivity contribution is -0.141. The van der Waals surface area contributed by atoms with Crippen LogP contribution in [0.3, 0.4) is 0 Å². The van der Waals surface area contributed by atoms with Gasteiger partial charge in [0, 0.05) is 36.0 Å². The molecular weight excluding hydrogens is 578 g/mol. The minimum absolute atomic E-state index is 0.141. The van der Waals surface area contributed by atoms with E-state index in [1.165, 1.54) is 7.11 Å². The number of para-hydroxylation sites is 1. The van der Waals surface area contributed by atoms with Crippen LogP contribution in [0.5, 0.6) is 5.75 Å². The zero-order valence-electron chi connectivity index (χ0n) is 25.5. The molecule has 0 saturated carbocycles. The maximum atomic E-state index is 13.2. The summed E-state index contributed by atoms with van der Waals surface area (Å²) in [7, 11) is 1.34. The minimum atomic E-state index is -0.731. The van der Waals surface area contributed by atoms with Crippen LogP contribution in [-0.4, -0.2) is 53.8 Å². The number of ketones is 1. The van der Waals surface area contributed by atoms with Crippen molar-refractivity contribution in [3.63, 3.8) is 0 Å². The molecule has 0 bridgehead atoms. The number of nitrogens with one attached hydrogen (secondary N) is 1. The van der Waals surface area contributed by atoms with E-state index >= 15 is 0 Å². The molecule has 1 unspecified atom stereocenters. The van der Waals surface area contributed by atoms with Gasteiger partial charge in [0.25, 0.3) is 5.91 Å². The molecule has 46 heavy (non-hydrogen) atoms. The fourth-order valence-electron chi connectivity index (χ4n) is 5.01. The Kier molecular flexibility index (Phi) is 10.9. The van der Waals surface area contributed by atoms with E-state index in [1.54, 1.807) is 59.6 Å². The van der Waals surface area contributed by atoms with Crippen molar-refractivity contribution in [2.75, 3.05) is 25.6 Å². The Morgan fingerprint density at radius 1 is 0.761 bits per heavy atom. The molecule has 0 aliphatic carbocycles. The van der Waals surface area contributed by atoms with E-state index in [-0.39, 0.29) is 18.3 Å². The van der Waals surface area contributed by atoms with Gasteiger partial charge in [-0.2, -0.15) is 0 Å². The molecule has 8 nitrogen and oxygen atoms in total. The molecule has 232 valence electrons. The zero-order chi connectivity index (χ0) is 32.1. The van der Waals surface area contributed by atoms with Crippen LogP contribution in [0.4, 0.5) is 5.69 Å². The number of nitrogens with zero attached hydrogens (tertiary/aromatic N) is 2. The number of aromatic nitrogens is 1. The lowest BCUT2D eigenvalue weighted by atomic mass is 10.00.